The van der Waals surface area contributed by atoms with E-state index in [-0.39, 0.29) is 29.4 Å². The highest BCUT2D eigenvalue weighted by Crippen LogP contribution is 2.46. The predicted octanol–water partition coefficient (Wildman–Crippen LogP) is 4.45. The number of nitrogens with one attached hydrogen (secondary N) is 1. The van der Waals surface area contributed by atoms with Crippen molar-refractivity contribution < 1.29 is 9.18 Å². The van der Waals surface area contributed by atoms with Crippen LogP contribution in [0.1, 0.15) is 29.7 Å². The highest BCUT2D eigenvalue weighted by molar-refractivity contribution is 5.98. The lowest BCUT2D eigenvalue weighted by Crippen LogP contribution is -2.34. The summed E-state index contributed by atoms with van der Waals surface area (Å²) in [5.41, 5.74) is 4.23. The first kappa shape index (κ1) is 15.7. The van der Waals surface area contributed by atoms with Crippen molar-refractivity contribution in [1.82, 2.24) is 4.98 Å². The van der Waals surface area contributed by atoms with Crippen molar-refractivity contribution in [3.05, 3.63) is 71.2 Å². The fourth-order valence-corrected chi connectivity index (χ4v) is 4.21. The van der Waals surface area contributed by atoms with Gasteiger partial charge in [-0.1, -0.05) is 37.3 Å². The zero-order valence-electron chi connectivity index (χ0n) is 13.9. The Labute approximate surface area is 146 Å². The smallest absolute Gasteiger partial charge is 0.209 e. The molecule has 1 aromatic heterocycles. The van der Waals surface area contributed by atoms with E-state index in [4.69, 9.17) is 6.42 Å². The van der Waals surface area contributed by atoms with Crippen LogP contribution in [0.3, 0.4) is 0 Å². The van der Waals surface area contributed by atoms with Gasteiger partial charge in [0.15, 0.2) is 0 Å². The summed E-state index contributed by atoms with van der Waals surface area (Å²) in [5, 5.41) is 1.18. The second kappa shape index (κ2) is 5.89. The van der Waals surface area contributed by atoms with E-state index in [9.17, 15) is 9.18 Å². The summed E-state index contributed by atoms with van der Waals surface area (Å²) < 4.78 is 13.4. The molecule has 3 aromatic rings. The number of para-hydroxylation sites is 1. The second-order valence-electron chi connectivity index (χ2n) is 6.81. The molecule has 2 nitrogen and oxygen atoms in total. The quantitative estimate of drug-likeness (QED) is 0.546. The van der Waals surface area contributed by atoms with E-state index in [1.807, 2.05) is 18.2 Å². The van der Waals surface area contributed by atoms with Crippen molar-refractivity contribution in [2.24, 2.45) is 11.8 Å². The molecule has 124 valence electrons. The third-order valence-corrected chi connectivity index (χ3v) is 5.33. The summed E-state index contributed by atoms with van der Waals surface area (Å²) in [6.45, 7) is 2.07. The summed E-state index contributed by atoms with van der Waals surface area (Å²) in [4.78, 5) is 16.0. The van der Waals surface area contributed by atoms with Gasteiger partial charge in [0.05, 0.1) is 0 Å². The van der Waals surface area contributed by atoms with Crippen LogP contribution in [-0.4, -0.2) is 10.8 Å². The lowest BCUT2D eigenvalue weighted by atomic mass is 9.67. The minimum Gasteiger partial charge on any atom is -0.358 e. The number of carbonyl (C=O) groups excluding carboxylic acids is 1. The minimum atomic E-state index is -0.309. The molecular formula is C22H18FNO. The molecule has 0 radical (unpaired) electrons. The molecule has 0 aliphatic heterocycles. The Hall–Kier alpha value is -2.86. The van der Waals surface area contributed by atoms with Gasteiger partial charge in [0.2, 0.25) is 5.78 Å². The number of terminal acetylenes is 1. The Morgan fingerprint density at radius 3 is 2.64 bits per heavy atom. The standard InChI is InChI=1S/C22H18FNO/c1-3-19(25)20-13(2)12-17-16-6-4-5-7-18(16)24-22(17)21(20)14-8-10-15(23)11-9-14/h1,4-11,13,20-21,24H,12H2,2H3/t13-,20+,21-/m0/s1. The van der Waals surface area contributed by atoms with Gasteiger partial charge in [-0.2, -0.15) is 0 Å². The molecule has 2 aromatic carbocycles. The molecule has 0 saturated carbocycles. The number of benzene rings is 2. The van der Waals surface area contributed by atoms with E-state index in [2.05, 4.69) is 23.9 Å². The highest BCUT2D eigenvalue weighted by Gasteiger charge is 2.41. The largest absolute Gasteiger partial charge is 0.358 e. The number of carbonyl (C=O) groups is 1. The molecule has 0 fully saturated rings. The van der Waals surface area contributed by atoms with Gasteiger partial charge in [-0.15, -0.1) is 6.42 Å². The maximum Gasteiger partial charge on any atom is 0.209 e. The van der Waals surface area contributed by atoms with Gasteiger partial charge in [0.25, 0.3) is 0 Å². The van der Waals surface area contributed by atoms with Gasteiger partial charge in [0, 0.05) is 28.4 Å². The van der Waals surface area contributed by atoms with Crippen LogP contribution in [0.4, 0.5) is 4.39 Å². The summed E-state index contributed by atoms with van der Waals surface area (Å²) >= 11 is 0. The monoisotopic (exact) mass is 331 g/mol. The van der Waals surface area contributed by atoms with Crippen LogP contribution in [0.5, 0.6) is 0 Å². The maximum absolute atomic E-state index is 13.4. The van der Waals surface area contributed by atoms with Gasteiger partial charge >= 0.3 is 0 Å². The molecule has 25 heavy (non-hydrogen) atoms. The molecule has 3 atom stereocenters. The lowest BCUT2D eigenvalue weighted by molar-refractivity contribution is -0.119. The van der Waals surface area contributed by atoms with E-state index in [0.29, 0.717) is 0 Å². The lowest BCUT2D eigenvalue weighted by Gasteiger charge is -2.35. The zero-order chi connectivity index (χ0) is 17.6. The first-order chi connectivity index (χ1) is 12.1. The topological polar surface area (TPSA) is 32.9 Å². The van der Waals surface area contributed by atoms with Crippen molar-refractivity contribution in [3.8, 4) is 12.3 Å². The van der Waals surface area contributed by atoms with Crippen LogP contribution >= 0.6 is 0 Å². The number of aromatic amines is 1. The molecule has 3 heteroatoms. The summed E-state index contributed by atoms with van der Waals surface area (Å²) in [7, 11) is 0. The minimum absolute atomic E-state index is 0.116. The van der Waals surface area contributed by atoms with Crippen LogP contribution in [-0.2, 0) is 11.2 Å². The normalized spacial score (nSPS) is 22.4. The van der Waals surface area contributed by atoms with E-state index in [0.717, 1.165) is 23.2 Å². The van der Waals surface area contributed by atoms with Crippen LogP contribution < -0.4 is 0 Å². The Morgan fingerprint density at radius 1 is 1.20 bits per heavy atom. The Bertz CT molecular complexity index is 993. The molecule has 0 saturated heterocycles. The van der Waals surface area contributed by atoms with Crippen LogP contribution in [0.25, 0.3) is 10.9 Å². The van der Waals surface area contributed by atoms with Gasteiger partial charge in [-0.25, -0.2) is 4.39 Å². The number of hydrogen-bond donors (Lipinski definition) is 1. The third kappa shape index (κ3) is 2.46. The van der Waals surface area contributed by atoms with Gasteiger partial charge < -0.3 is 4.98 Å². The van der Waals surface area contributed by atoms with Crippen molar-refractivity contribution >= 4 is 16.7 Å². The molecule has 1 N–H and O–H groups in total. The van der Waals surface area contributed by atoms with Crippen molar-refractivity contribution in [2.75, 3.05) is 0 Å². The first-order valence-corrected chi connectivity index (χ1v) is 8.45. The number of aromatic nitrogens is 1. The summed E-state index contributed by atoms with van der Waals surface area (Å²) in [6.07, 6.45) is 6.26. The highest BCUT2D eigenvalue weighted by atomic mass is 19.1. The third-order valence-electron chi connectivity index (χ3n) is 5.33. The number of fused-ring (bicyclic) bond motifs is 3. The van der Waals surface area contributed by atoms with E-state index >= 15 is 0 Å². The summed E-state index contributed by atoms with van der Waals surface area (Å²) in [6, 6.07) is 14.5. The Balaban J connectivity index is 1.96. The SMILES string of the molecule is C#CC(=O)[C@@H]1[C@H](c2ccc(F)cc2)c2[nH]c3ccccc3c2C[C@@H]1C. The average molecular weight is 331 g/mol. The molecule has 0 bridgehead atoms. The maximum atomic E-state index is 13.4. The molecule has 1 aliphatic rings. The van der Waals surface area contributed by atoms with Crippen molar-refractivity contribution in [2.45, 2.75) is 19.3 Å². The van der Waals surface area contributed by atoms with E-state index < -0.39 is 0 Å². The molecule has 1 aliphatic carbocycles. The Kier molecular flexibility index (Phi) is 3.69. The molecule has 0 spiro atoms. The predicted molar refractivity (Wildman–Crippen MR) is 96.7 cm³/mol. The number of halogens is 1. The van der Waals surface area contributed by atoms with Crippen molar-refractivity contribution in [1.29, 1.82) is 0 Å². The van der Waals surface area contributed by atoms with Crippen LogP contribution in [0, 0.1) is 30.0 Å². The fourth-order valence-electron chi connectivity index (χ4n) is 4.21. The number of rotatable bonds is 2. The number of hydrogen-bond acceptors (Lipinski definition) is 1. The first-order valence-electron chi connectivity index (χ1n) is 8.45. The second-order valence-corrected chi connectivity index (χ2v) is 6.81. The molecule has 4 rings (SSSR count). The average Bonchev–Trinajstić information content (AvgIpc) is 2.99. The molecule has 0 amide bonds. The van der Waals surface area contributed by atoms with Gasteiger partial charge in [-0.3, -0.25) is 4.79 Å². The van der Waals surface area contributed by atoms with E-state index in [1.165, 1.54) is 23.1 Å². The fraction of sp³-hybridized carbons (Fsp3) is 0.227. The van der Waals surface area contributed by atoms with Crippen molar-refractivity contribution in [3.63, 3.8) is 0 Å². The molecule has 1 heterocycles. The molecule has 0 unspecified atom stereocenters. The van der Waals surface area contributed by atoms with Crippen LogP contribution in [0.2, 0.25) is 0 Å². The van der Waals surface area contributed by atoms with Gasteiger partial charge in [0.1, 0.15) is 5.82 Å². The van der Waals surface area contributed by atoms with E-state index in [1.54, 1.807) is 12.1 Å². The Morgan fingerprint density at radius 2 is 1.92 bits per heavy atom. The number of H-pyrrole nitrogens is 1. The number of ketones is 1. The van der Waals surface area contributed by atoms with Gasteiger partial charge in [-0.05, 0) is 47.6 Å². The molecular weight excluding hydrogens is 313 g/mol. The summed E-state index contributed by atoms with van der Waals surface area (Å²) in [5.74, 6) is 1.46. The zero-order valence-corrected chi connectivity index (χ0v) is 13.9. The van der Waals surface area contributed by atoms with Crippen LogP contribution in [0.15, 0.2) is 48.5 Å². The number of Topliss-reactive ketones (excluding diaryl/α,β-unsaturated/α-hetero) is 1.